The smallest absolute Gasteiger partial charge is 0.387 e. The first-order chi connectivity index (χ1) is 13.1. The molecule has 0 saturated carbocycles. The molecule has 1 saturated heterocycles. The minimum atomic E-state index is -2.85. The summed E-state index contributed by atoms with van der Waals surface area (Å²) >= 11 is 0. The van der Waals surface area contributed by atoms with Gasteiger partial charge in [0.05, 0.1) is 6.10 Å². The summed E-state index contributed by atoms with van der Waals surface area (Å²) in [6.45, 7) is 2.32. The lowest BCUT2D eigenvalue weighted by Gasteiger charge is -2.22. The van der Waals surface area contributed by atoms with Gasteiger partial charge in [0.15, 0.2) is 5.96 Å². The van der Waals surface area contributed by atoms with Crippen LogP contribution in [-0.4, -0.2) is 52.1 Å². The first-order valence-corrected chi connectivity index (χ1v) is 9.26. The molecule has 2 N–H and O–H groups in total. The lowest BCUT2D eigenvalue weighted by molar-refractivity contribution is -0.0504. The van der Waals surface area contributed by atoms with Crippen LogP contribution in [0, 0.1) is 6.92 Å². The lowest BCUT2D eigenvalue weighted by Crippen LogP contribution is -2.37. The molecule has 0 amide bonds. The maximum absolute atomic E-state index is 12.5. The largest absolute Gasteiger partial charge is 0.434 e. The highest BCUT2D eigenvalue weighted by Gasteiger charge is 2.13. The van der Waals surface area contributed by atoms with Crippen molar-refractivity contribution in [2.75, 3.05) is 33.4 Å². The van der Waals surface area contributed by atoms with Crippen LogP contribution in [0.4, 0.5) is 8.78 Å². The molecule has 1 aliphatic heterocycles. The Kier molecular flexibility index (Phi) is 9.27. The summed E-state index contributed by atoms with van der Waals surface area (Å²) in [4.78, 5) is 4.15. The van der Waals surface area contributed by atoms with Crippen LogP contribution in [0.15, 0.2) is 23.2 Å². The first kappa shape index (κ1) is 21.4. The molecular weight excluding hydrogens is 356 g/mol. The molecular formula is C19H29F2N3O3. The Bertz CT molecular complexity index is 594. The number of benzene rings is 1. The zero-order valence-corrected chi connectivity index (χ0v) is 16.0. The van der Waals surface area contributed by atoms with E-state index in [9.17, 15) is 8.78 Å². The minimum Gasteiger partial charge on any atom is -0.434 e. The molecule has 1 fully saturated rings. The standard InChI is InChI=1S/C19H29F2N3O3/c1-14-4-5-17(27-18(20)21)15(12-14)13-24-19(22-2)23-8-3-9-26-16-6-10-25-11-7-16/h4-5,12,16,18H,3,6-11,13H2,1-2H3,(H2,22,23,24). The van der Waals surface area contributed by atoms with E-state index < -0.39 is 6.61 Å². The Labute approximate surface area is 159 Å². The molecule has 1 aromatic rings. The monoisotopic (exact) mass is 385 g/mol. The fourth-order valence-corrected chi connectivity index (χ4v) is 2.83. The third kappa shape index (κ3) is 8.09. The first-order valence-electron chi connectivity index (χ1n) is 9.26. The normalized spacial score (nSPS) is 15.8. The fraction of sp³-hybridized carbons (Fsp3) is 0.632. The molecule has 2 rings (SSSR count). The Morgan fingerprint density at radius 3 is 2.78 bits per heavy atom. The summed E-state index contributed by atoms with van der Waals surface area (Å²) in [7, 11) is 1.67. The molecule has 0 unspecified atom stereocenters. The van der Waals surface area contributed by atoms with Gasteiger partial charge in [0, 0.05) is 45.5 Å². The van der Waals surface area contributed by atoms with E-state index in [1.165, 1.54) is 0 Å². The van der Waals surface area contributed by atoms with Crippen molar-refractivity contribution in [3.8, 4) is 5.75 Å². The predicted molar refractivity (Wildman–Crippen MR) is 100 cm³/mol. The number of hydrogen-bond acceptors (Lipinski definition) is 4. The Hall–Kier alpha value is -1.93. The summed E-state index contributed by atoms with van der Waals surface area (Å²) in [6, 6.07) is 5.12. The van der Waals surface area contributed by atoms with Crippen molar-refractivity contribution in [1.82, 2.24) is 10.6 Å². The van der Waals surface area contributed by atoms with E-state index in [2.05, 4.69) is 20.4 Å². The number of guanidine groups is 1. The van der Waals surface area contributed by atoms with Crippen molar-refractivity contribution >= 4 is 5.96 Å². The number of aliphatic imine (C=N–C) groups is 1. The predicted octanol–water partition coefficient (Wildman–Crippen LogP) is 2.85. The second-order valence-electron chi connectivity index (χ2n) is 6.38. The highest BCUT2D eigenvalue weighted by atomic mass is 19.3. The Balaban J connectivity index is 1.71. The molecule has 0 aromatic heterocycles. The van der Waals surface area contributed by atoms with E-state index in [1.54, 1.807) is 19.2 Å². The van der Waals surface area contributed by atoms with Crippen molar-refractivity contribution in [1.29, 1.82) is 0 Å². The third-order valence-electron chi connectivity index (χ3n) is 4.24. The Morgan fingerprint density at radius 1 is 1.30 bits per heavy atom. The van der Waals surface area contributed by atoms with Gasteiger partial charge >= 0.3 is 6.61 Å². The molecule has 6 nitrogen and oxygen atoms in total. The molecule has 0 spiro atoms. The van der Waals surface area contributed by atoms with Crippen LogP contribution in [0.3, 0.4) is 0 Å². The lowest BCUT2D eigenvalue weighted by atomic mass is 10.1. The summed E-state index contributed by atoms with van der Waals surface area (Å²) < 4.78 is 40.8. The average molecular weight is 385 g/mol. The number of halogens is 2. The zero-order valence-electron chi connectivity index (χ0n) is 16.0. The SMILES string of the molecule is CN=C(NCCCOC1CCOCC1)NCc1cc(C)ccc1OC(F)F. The summed E-state index contributed by atoms with van der Waals surface area (Å²) in [6.07, 6.45) is 3.06. The Morgan fingerprint density at radius 2 is 2.07 bits per heavy atom. The average Bonchev–Trinajstić information content (AvgIpc) is 2.66. The number of rotatable bonds is 9. The van der Waals surface area contributed by atoms with E-state index in [0.29, 0.717) is 37.3 Å². The number of alkyl halides is 2. The number of aryl methyl sites for hydroxylation is 1. The second kappa shape index (κ2) is 11.7. The molecule has 0 aliphatic carbocycles. The van der Waals surface area contributed by atoms with Gasteiger partial charge in [-0.2, -0.15) is 8.78 Å². The number of hydrogen-bond donors (Lipinski definition) is 2. The molecule has 1 aliphatic rings. The zero-order chi connectivity index (χ0) is 19.5. The van der Waals surface area contributed by atoms with E-state index in [0.717, 1.165) is 38.0 Å². The van der Waals surface area contributed by atoms with E-state index >= 15 is 0 Å². The van der Waals surface area contributed by atoms with Crippen molar-refractivity contribution in [3.05, 3.63) is 29.3 Å². The maximum atomic E-state index is 12.5. The molecule has 8 heteroatoms. The molecule has 0 radical (unpaired) electrons. The number of ether oxygens (including phenoxy) is 3. The van der Waals surface area contributed by atoms with Gasteiger partial charge in [0.2, 0.25) is 0 Å². The van der Waals surface area contributed by atoms with Crippen molar-refractivity contribution in [3.63, 3.8) is 0 Å². The van der Waals surface area contributed by atoms with Crippen molar-refractivity contribution in [2.45, 2.75) is 45.4 Å². The summed E-state index contributed by atoms with van der Waals surface area (Å²) in [5.41, 5.74) is 1.63. The molecule has 1 heterocycles. The van der Waals surface area contributed by atoms with Gasteiger partial charge in [-0.1, -0.05) is 17.7 Å². The van der Waals surface area contributed by atoms with Gasteiger partial charge in [-0.05, 0) is 32.3 Å². The van der Waals surface area contributed by atoms with Gasteiger partial charge in [0.1, 0.15) is 5.75 Å². The van der Waals surface area contributed by atoms with Gasteiger partial charge in [-0.25, -0.2) is 0 Å². The van der Waals surface area contributed by atoms with E-state index in [1.807, 2.05) is 13.0 Å². The maximum Gasteiger partial charge on any atom is 0.387 e. The van der Waals surface area contributed by atoms with Crippen LogP contribution in [0.5, 0.6) is 5.75 Å². The topological polar surface area (TPSA) is 64.1 Å². The number of nitrogens with one attached hydrogen (secondary N) is 2. The number of nitrogens with zero attached hydrogens (tertiary/aromatic N) is 1. The second-order valence-corrected chi connectivity index (χ2v) is 6.38. The fourth-order valence-electron chi connectivity index (χ4n) is 2.83. The minimum absolute atomic E-state index is 0.170. The molecule has 1 aromatic carbocycles. The van der Waals surface area contributed by atoms with Crippen molar-refractivity contribution in [2.24, 2.45) is 4.99 Å². The van der Waals surface area contributed by atoms with E-state index in [-0.39, 0.29) is 5.75 Å². The van der Waals surface area contributed by atoms with Crippen LogP contribution in [0.25, 0.3) is 0 Å². The summed E-state index contributed by atoms with van der Waals surface area (Å²) in [5.74, 6) is 0.772. The van der Waals surface area contributed by atoms with E-state index in [4.69, 9.17) is 9.47 Å². The van der Waals surface area contributed by atoms with Crippen molar-refractivity contribution < 1.29 is 23.0 Å². The molecule has 27 heavy (non-hydrogen) atoms. The van der Waals surface area contributed by atoms with Gasteiger partial charge in [-0.15, -0.1) is 0 Å². The van der Waals surface area contributed by atoms with Crippen LogP contribution in [0.2, 0.25) is 0 Å². The van der Waals surface area contributed by atoms with Crippen LogP contribution in [0.1, 0.15) is 30.4 Å². The summed E-state index contributed by atoms with van der Waals surface area (Å²) in [5, 5.41) is 6.32. The molecule has 0 bridgehead atoms. The van der Waals surface area contributed by atoms with Gasteiger partial charge < -0.3 is 24.8 Å². The molecule has 152 valence electrons. The third-order valence-corrected chi connectivity index (χ3v) is 4.24. The highest BCUT2D eigenvalue weighted by molar-refractivity contribution is 5.79. The van der Waals surface area contributed by atoms with Crippen LogP contribution >= 0.6 is 0 Å². The quantitative estimate of drug-likeness (QED) is 0.389. The van der Waals surface area contributed by atoms with Crippen LogP contribution in [-0.2, 0) is 16.0 Å². The molecule has 0 atom stereocenters. The van der Waals surface area contributed by atoms with Gasteiger partial charge in [0.25, 0.3) is 0 Å². The van der Waals surface area contributed by atoms with Crippen LogP contribution < -0.4 is 15.4 Å². The highest BCUT2D eigenvalue weighted by Crippen LogP contribution is 2.21. The van der Waals surface area contributed by atoms with Gasteiger partial charge in [-0.3, -0.25) is 4.99 Å².